The number of carboxylic acids is 1. The monoisotopic (exact) mass is 268 g/mol. The smallest absolute Gasteiger partial charge is 0.358 e. The van der Waals surface area contributed by atoms with Crippen molar-refractivity contribution < 1.29 is 14.4 Å². The summed E-state index contributed by atoms with van der Waals surface area (Å²) in [7, 11) is 0. The number of carbonyl (C=O) groups is 1. The average molecular weight is 269 g/mol. The lowest BCUT2D eigenvalue weighted by Gasteiger charge is -1.95. The highest BCUT2D eigenvalue weighted by molar-refractivity contribution is 9.10. The molecule has 0 bridgehead atoms. The quantitative estimate of drug-likeness (QED) is 0.904. The van der Waals surface area contributed by atoms with E-state index in [1.807, 2.05) is 0 Å². The predicted molar refractivity (Wildman–Crippen MR) is 54.4 cm³/mol. The minimum Gasteiger partial charge on any atom is -0.476 e. The third-order valence-corrected chi connectivity index (χ3v) is 2.36. The van der Waals surface area contributed by atoms with E-state index in [1.54, 1.807) is 18.3 Å². The van der Waals surface area contributed by atoms with E-state index in [4.69, 9.17) is 9.63 Å². The van der Waals surface area contributed by atoms with E-state index in [0.29, 0.717) is 11.5 Å². The van der Waals surface area contributed by atoms with Gasteiger partial charge in [0.05, 0.1) is 0 Å². The SMILES string of the molecule is O=C(O)c1cc(-c2ncccc2Br)on1. The Morgan fingerprint density at radius 1 is 1.53 bits per heavy atom. The van der Waals surface area contributed by atoms with Gasteiger partial charge in [0.25, 0.3) is 0 Å². The maximum absolute atomic E-state index is 10.6. The van der Waals surface area contributed by atoms with Gasteiger partial charge in [-0.25, -0.2) is 4.79 Å². The van der Waals surface area contributed by atoms with E-state index in [2.05, 4.69) is 26.1 Å². The largest absolute Gasteiger partial charge is 0.476 e. The maximum atomic E-state index is 10.6. The molecule has 0 radical (unpaired) electrons. The third kappa shape index (κ3) is 1.89. The first kappa shape index (κ1) is 9.85. The van der Waals surface area contributed by atoms with Crippen molar-refractivity contribution in [3.05, 3.63) is 34.6 Å². The predicted octanol–water partition coefficient (Wildman–Crippen LogP) is 2.20. The van der Waals surface area contributed by atoms with Gasteiger partial charge >= 0.3 is 5.97 Å². The van der Waals surface area contributed by atoms with Crippen LogP contribution >= 0.6 is 15.9 Å². The standard InChI is InChI=1S/C9H5BrN2O3/c10-5-2-1-3-11-8(5)7-4-6(9(13)14)12-15-7/h1-4H,(H,13,14). The second kappa shape index (κ2) is 3.82. The summed E-state index contributed by atoms with van der Waals surface area (Å²) in [6.07, 6.45) is 1.59. The Labute approximate surface area is 92.9 Å². The first-order chi connectivity index (χ1) is 7.18. The molecular formula is C9H5BrN2O3. The summed E-state index contributed by atoms with van der Waals surface area (Å²) in [6, 6.07) is 4.86. The van der Waals surface area contributed by atoms with Crippen LogP contribution in [0.15, 0.2) is 33.4 Å². The zero-order valence-corrected chi connectivity index (χ0v) is 8.93. The zero-order chi connectivity index (χ0) is 10.8. The molecule has 0 aliphatic carbocycles. The Hall–Kier alpha value is -1.69. The van der Waals surface area contributed by atoms with Gasteiger partial charge in [-0.15, -0.1) is 0 Å². The normalized spacial score (nSPS) is 10.2. The lowest BCUT2D eigenvalue weighted by Crippen LogP contribution is -1.94. The summed E-state index contributed by atoms with van der Waals surface area (Å²) in [5.41, 5.74) is 0.389. The van der Waals surface area contributed by atoms with Crippen molar-refractivity contribution in [2.45, 2.75) is 0 Å². The molecule has 0 unspecified atom stereocenters. The van der Waals surface area contributed by atoms with Crippen molar-refractivity contribution in [1.29, 1.82) is 0 Å². The fourth-order valence-electron chi connectivity index (χ4n) is 1.05. The van der Waals surface area contributed by atoms with Gasteiger partial charge in [-0.1, -0.05) is 5.16 Å². The van der Waals surface area contributed by atoms with Crippen LogP contribution in [0.3, 0.4) is 0 Å². The summed E-state index contributed by atoms with van der Waals surface area (Å²) in [4.78, 5) is 14.6. The Morgan fingerprint density at radius 2 is 2.33 bits per heavy atom. The van der Waals surface area contributed by atoms with E-state index in [9.17, 15) is 4.79 Å². The molecule has 0 saturated heterocycles. The first-order valence-corrected chi connectivity index (χ1v) is 4.78. The molecule has 0 aliphatic heterocycles. The molecule has 15 heavy (non-hydrogen) atoms. The molecule has 0 spiro atoms. The molecule has 0 amide bonds. The van der Waals surface area contributed by atoms with Crippen LogP contribution in [-0.4, -0.2) is 21.2 Å². The van der Waals surface area contributed by atoms with Gasteiger partial charge in [0.15, 0.2) is 11.5 Å². The van der Waals surface area contributed by atoms with E-state index >= 15 is 0 Å². The maximum Gasteiger partial charge on any atom is 0.358 e. The number of hydrogen-bond acceptors (Lipinski definition) is 4. The first-order valence-electron chi connectivity index (χ1n) is 3.99. The summed E-state index contributed by atoms with van der Waals surface area (Å²) in [5.74, 6) is -0.808. The molecule has 0 aliphatic rings. The van der Waals surface area contributed by atoms with Gasteiger partial charge in [-0.3, -0.25) is 4.98 Å². The van der Waals surface area contributed by atoms with Crippen LogP contribution in [0.1, 0.15) is 10.5 Å². The Morgan fingerprint density at radius 3 is 2.93 bits per heavy atom. The van der Waals surface area contributed by atoms with Gasteiger partial charge in [0.1, 0.15) is 5.69 Å². The number of rotatable bonds is 2. The number of hydrogen-bond donors (Lipinski definition) is 1. The topological polar surface area (TPSA) is 76.2 Å². The zero-order valence-electron chi connectivity index (χ0n) is 7.35. The lowest BCUT2D eigenvalue weighted by atomic mass is 10.2. The summed E-state index contributed by atoms with van der Waals surface area (Å²) >= 11 is 3.28. The highest BCUT2D eigenvalue weighted by Crippen LogP contribution is 2.25. The molecule has 76 valence electrons. The number of nitrogens with zero attached hydrogens (tertiary/aromatic N) is 2. The van der Waals surface area contributed by atoms with E-state index in [1.165, 1.54) is 6.07 Å². The van der Waals surface area contributed by atoms with Crippen LogP contribution in [0.25, 0.3) is 11.5 Å². The van der Waals surface area contributed by atoms with Crippen molar-refractivity contribution in [3.63, 3.8) is 0 Å². The minimum absolute atomic E-state index is 0.137. The number of carboxylic acid groups (broad SMARTS) is 1. The molecule has 2 rings (SSSR count). The molecule has 0 atom stereocenters. The summed E-state index contributed by atoms with van der Waals surface area (Å²) in [6.45, 7) is 0. The molecule has 0 fully saturated rings. The van der Waals surface area contributed by atoms with E-state index in [-0.39, 0.29) is 5.69 Å². The minimum atomic E-state index is -1.13. The number of halogens is 1. The van der Waals surface area contributed by atoms with Crippen molar-refractivity contribution >= 4 is 21.9 Å². The summed E-state index contributed by atoms with van der Waals surface area (Å²) in [5, 5.41) is 12.1. The van der Waals surface area contributed by atoms with E-state index in [0.717, 1.165) is 4.47 Å². The third-order valence-electron chi connectivity index (χ3n) is 1.72. The Balaban J connectivity index is 2.46. The molecule has 1 N–H and O–H groups in total. The second-order valence-corrected chi connectivity index (χ2v) is 3.57. The van der Waals surface area contributed by atoms with Gasteiger partial charge in [-0.2, -0.15) is 0 Å². The molecule has 6 heteroatoms. The van der Waals surface area contributed by atoms with Crippen molar-refractivity contribution in [2.75, 3.05) is 0 Å². The lowest BCUT2D eigenvalue weighted by molar-refractivity contribution is 0.0686. The van der Waals surface area contributed by atoms with Crippen LogP contribution < -0.4 is 0 Å². The van der Waals surface area contributed by atoms with Gasteiger partial charge in [0, 0.05) is 16.7 Å². The molecule has 0 aromatic carbocycles. The molecule has 2 heterocycles. The Kier molecular flexibility index (Phi) is 2.51. The fraction of sp³-hybridized carbons (Fsp3) is 0. The number of aromatic nitrogens is 2. The molecule has 5 nitrogen and oxygen atoms in total. The second-order valence-electron chi connectivity index (χ2n) is 2.72. The van der Waals surface area contributed by atoms with Gasteiger partial charge in [-0.05, 0) is 28.1 Å². The number of pyridine rings is 1. The highest BCUT2D eigenvalue weighted by Gasteiger charge is 2.14. The summed E-state index contributed by atoms with van der Waals surface area (Å²) < 4.78 is 5.59. The molecule has 2 aromatic heterocycles. The van der Waals surface area contributed by atoms with Gasteiger partial charge in [0.2, 0.25) is 0 Å². The van der Waals surface area contributed by atoms with Crippen LogP contribution in [0.5, 0.6) is 0 Å². The van der Waals surface area contributed by atoms with E-state index < -0.39 is 5.97 Å². The Bertz CT molecular complexity index is 510. The van der Waals surface area contributed by atoms with Gasteiger partial charge < -0.3 is 9.63 Å². The van der Waals surface area contributed by atoms with Crippen molar-refractivity contribution in [3.8, 4) is 11.5 Å². The fourth-order valence-corrected chi connectivity index (χ4v) is 1.50. The molecular weight excluding hydrogens is 264 g/mol. The van der Waals surface area contributed by atoms with Crippen molar-refractivity contribution in [1.82, 2.24) is 10.1 Å². The highest BCUT2D eigenvalue weighted by atomic mass is 79.9. The molecule has 0 saturated carbocycles. The van der Waals surface area contributed by atoms with Crippen LogP contribution in [0.4, 0.5) is 0 Å². The van der Waals surface area contributed by atoms with Crippen LogP contribution in [0, 0.1) is 0 Å². The molecule has 2 aromatic rings. The van der Waals surface area contributed by atoms with Crippen LogP contribution in [-0.2, 0) is 0 Å². The number of aromatic carboxylic acids is 1. The average Bonchev–Trinajstić information content (AvgIpc) is 2.67. The van der Waals surface area contributed by atoms with Crippen LogP contribution in [0.2, 0.25) is 0 Å². The van der Waals surface area contributed by atoms with Crippen molar-refractivity contribution in [2.24, 2.45) is 0 Å².